The molecule has 0 aliphatic carbocycles. The Morgan fingerprint density at radius 3 is 2.67 bits per heavy atom. The zero-order valence-corrected chi connectivity index (χ0v) is 13.8. The van der Waals surface area contributed by atoms with E-state index < -0.39 is 0 Å². The number of hydrogen-bond acceptors (Lipinski definition) is 4. The van der Waals surface area contributed by atoms with Crippen molar-refractivity contribution in [2.75, 3.05) is 13.1 Å². The SMILES string of the molecule is CC(C)c1nc(CNC(=O)N2CCC(C(C)O)CC2)cs1. The number of amides is 2. The van der Waals surface area contributed by atoms with Gasteiger partial charge in [-0.25, -0.2) is 9.78 Å². The second-order valence-electron chi connectivity index (χ2n) is 6.06. The van der Waals surface area contributed by atoms with Crippen molar-refractivity contribution in [3.05, 3.63) is 16.1 Å². The molecule has 21 heavy (non-hydrogen) atoms. The van der Waals surface area contributed by atoms with Gasteiger partial charge in [0.05, 0.1) is 23.4 Å². The number of carbonyl (C=O) groups excluding carboxylic acids is 1. The first-order valence-corrected chi connectivity index (χ1v) is 8.50. The molecule has 2 rings (SSSR count). The molecule has 1 fully saturated rings. The van der Waals surface area contributed by atoms with E-state index in [1.165, 1.54) is 0 Å². The molecular formula is C15H25N3O2S. The lowest BCUT2D eigenvalue weighted by Crippen LogP contribution is -2.45. The highest BCUT2D eigenvalue weighted by Gasteiger charge is 2.25. The van der Waals surface area contributed by atoms with Gasteiger partial charge >= 0.3 is 6.03 Å². The quantitative estimate of drug-likeness (QED) is 0.898. The Balaban J connectivity index is 1.77. The van der Waals surface area contributed by atoms with Gasteiger partial charge in [0.15, 0.2) is 0 Å². The summed E-state index contributed by atoms with van der Waals surface area (Å²) in [6, 6.07) is -0.0295. The van der Waals surface area contributed by atoms with Crippen molar-refractivity contribution in [2.24, 2.45) is 5.92 Å². The van der Waals surface area contributed by atoms with Crippen LogP contribution in [0.2, 0.25) is 0 Å². The van der Waals surface area contributed by atoms with E-state index in [1.807, 2.05) is 17.2 Å². The molecule has 1 atom stereocenters. The Bertz CT molecular complexity index is 465. The molecule has 6 heteroatoms. The number of aromatic nitrogens is 1. The van der Waals surface area contributed by atoms with Gasteiger partial charge in [-0.15, -0.1) is 11.3 Å². The second-order valence-corrected chi connectivity index (χ2v) is 6.95. The third-order valence-electron chi connectivity index (χ3n) is 3.99. The Morgan fingerprint density at radius 1 is 1.48 bits per heavy atom. The summed E-state index contributed by atoms with van der Waals surface area (Å²) in [5, 5.41) is 15.6. The molecule has 5 nitrogen and oxygen atoms in total. The Hall–Kier alpha value is -1.14. The molecule has 2 heterocycles. The van der Waals surface area contributed by atoms with Gasteiger partial charge in [0.2, 0.25) is 0 Å². The Morgan fingerprint density at radius 2 is 2.14 bits per heavy atom. The number of carbonyl (C=O) groups is 1. The molecule has 1 aromatic heterocycles. The van der Waals surface area contributed by atoms with Gasteiger partial charge in [0, 0.05) is 24.4 Å². The fourth-order valence-electron chi connectivity index (χ4n) is 2.53. The lowest BCUT2D eigenvalue weighted by atomic mass is 9.92. The number of hydrogen-bond donors (Lipinski definition) is 2. The maximum Gasteiger partial charge on any atom is 0.317 e. The number of nitrogens with one attached hydrogen (secondary N) is 1. The van der Waals surface area contributed by atoms with Crippen LogP contribution in [0.4, 0.5) is 4.79 Å². The predicted molar refractivity (Wildman–Crippen MR) is 84.4 cm³/mol. The van der Waals surface area contributed by atoms with Gasteiger partial charge < -0.3 is 15.3 Å². The molecule has 1 unspecified atom stereocenters. The minimum Gasteiger partial charge on any atom is -0.393 e. The van der Waals surface area contributed by atoms with Crippen LogP contribution in [0.15, 0.2) is 5.38 Å². The average Bonchev–Trinajstić information content (AvgIpc) is 2.94. The first-order chi connectivity index (χ1) is 9.97. The molecule has 0 aromatic carbocycles. The number of thiazole rings is 1. The zero-order valence-electron chi connectivity index (χ0n) is 13.0. The van der Waals surface area contributed by atoms with Crippen molar-refractivity contribution in [1.29, 1.82) is 0 Å². The summed E-state index contributed by atoms with van der Waals surface area (Å²) in [5.74, 6) is 0.750. The van der Waals surface area contributed by atoms with E-state index in [-0.39, 0.29) is 12.1 Å². The summed E-state index contributed by atoms with van der Waals surface area (Å²) in [5.41, 5.74) is 0.927. The van der Waals surface area contributed by atoms with E-state index in [0.29, 0.717) is 18.4 Å². The van der Waals surface area contributed by atoms with Gasteiger partial charge in [0.1, 0.15) is 0 Å². The normalized spacial score (nSPS) is 18.0. The predicted octanol–water partition coefficient (Wildman–Crippen LogP) is 2.57. The fourth-order valence-corrected chi connectivity index (χ4v) is 3.37. The van der Waals surface area contributed by atoms with E-state index in [2.05, 4.69) is 24.1 Å². The summed E-state index contributed by atoms with van der Waals surface area (Å²) in [4.78, 5) is 18.5. The maximum atomic E-state index is 12.1. The molecule has 1 aliphatic heterocycles. The average molecular weight is 311 g/mol. The molecule has 1 saturated heterocycles. The van der Waals surface area contributed by atoms with Crippen molar-refractivity contribution < 1.29 is 9.90 Å². The monoisotopic (exact) mass is 311 g/mol. The molecule has 0 bridgehead atoms. The van der Waals surface area contributed by atoms with E-state index in [0.717, 1.165) is 36.6 Å². The topological polar surface area (TPSA) is 65.5 Å². The highest BCUT2D eigenvalue weighted by molar-refractivity contribution is 7.09. The van der Waals surface area contributed by atoms with E-state index in [9.17, 15) is 9.90 Å². The van der Waals surface area contributed by atoms with Crippen LogP contribution in [-0.4, -0.2) is 40.2 Å². The number of aliphatic hydroxyl groups excluding tert-OH is 1. The van der Waals surface area contributed by atoms with Gasteiger partial charge in [-0.2, -0.15) is 0 Å². The molecule has 2 amide bonds. The third kappa shape index (κ3) is 4.41. The molecule has 0 radical (unpaired) electrons. The van der Waals surface area contributed by atoms with Crippen LogP contribution in [0.25, 0.3) is 0 Å². The summed E-state index contributed by atoms with van der Waals surface area (Å²) in [6.45, 7) is 7.99. The van der Waals surface area contributed by atoms with Crippen LogP contribution in [0, 0.1) is 5.92 Å². The van der Waals surface area contributed by atoms with E-state index >= 15 is 0 Å². The van der Waals surface area contributed by atoms with Crippen molar-refractivity contribution in [1.82, 2.24) is 15.2 Å². The van der Waals surface area contributed by atoms with Gasteiger partial charge in [-0.3, -0.25) is 0 Å². The third-order valence-corrected chi connectivity index (χ3v) is 5.19. The molecule has 0 spiro atoms. The van der Waals surface area contributed by atoms with Gasteiger partial charge in [0.25, 0.3) is 0 Å². The summed E-state index contributed by atoms with van der Waals surface area (Å²) < 4.78 is 0. The molecule has 1 aromatic rings. The highest BCUT2D eigenvalue weighted by atomic mass is 32.1. The molecular weight excluding hydrogens is 286 g/mol. The minimum absolute atomic E-state index is 0.0295. The van der Waals surface area contributed by atoms with Crippen molar-refractivity contribution in [3.8, 4) is 0 Å². The van der Waals surface area contributed by atoms with E-state index in [4.69, 9.17) is 0 Å². The Kier molecular flexibility index (Phi) is 5.58. The molecule has 118 valence electrons. The van der Waals surface area contributed by atoms with Crippen molar-refractivity contribution in [2.45, 2.75) is 52.2 Å². The lowest BCUT2D eigenvalue weighted by molar-refractivity contribution is 0.0798. The summed E-state index contributed by atoms with van der Waals surface area (Å²) in [6.07, 6.45) is 1.47. The number of rotatable bonds is 4. The standard InChI is InChI=1S/C15H25N3O2S/c1-10(2)14-17-13(9-21-14)8-16-15(20)18-6-4-12(5-7-18)11(3)19/h9-12,19H,4-8H2,1-3H3,(H,16,20). The lowest BCUT2D eigenvalue weighted by Gasteiger charge is -2.33. The van der Waals surface area contributed by atoms with Crippen LogP contribution >= 0.6 is 11.3 Å². The van der Waals surface area contributed by atoms with Gasteiger partial charge in [-0.05, 0) is 25.7 Å². The zero-order chi connectivity index (χ0) is 15.4. The van der Waals surface area contributed by atoms with Crippen LogP contribution in [-0.2, 0) is 6.54 Å². The largest absolute Gasteiger partial charge is 0.393 e. The van der Waals surface area contributed by atoms with E-state index in [1.54, 1.807) is 11.3 Å². The first kappa shape index (κ1) is 16.2. The summed E-state index contributed by atoms with van der Waals surface area (Å²) >= 11 is 1.64. The minimum atomic E-state index is -0.278. The smallest absolute Gasteiger partial charge is 0.317 e. The highest BCUT2D eigenvalue weighted by Crippen LogP contribution is 2.21. The fraction of sp³-hybridized carbons (Fsp3) is 0.733. The maximum absolute atomic E-state index is 12.1. The van der Waals surface area contributed by atoms with Gasteiger partial charge in [-0.1, -0.05) is 13.8 Å². The van der Waals surface area contributed by atoms with Crippen LogP contribution in [0.3, 0.4) is 0 Å². The first-order valence-electron chi connectivity index (χ1n) is 7.62. The molecule has 1 aliphatic rings. The van der Waals surface area contributed by atoms with Crippen LogP contribution in [0.1, 0.15) is 50.2 Å². The number of urea groups is 1. The number of aliphatic hydroxyl groups is 1. The molecule has 2 N–H and O–H groups in total. The number of nitrogens with zero attached hydrogens (tertiary/aromatic N) is 2. The number of likely N-dealkylation sites (tertiary alicyclic amines) is 1. The molecule has 0 saturated carbocycles. The second kappa shape index (κ2) is 7.22. The van der Waals surface area contributed by atoms with Crippen molar-refractivity contribution in [3.63, 3.8) is 0 Å². The van der Waals surface area contributed by atoms with Crippen LogP contribution in [0.5, 0.6) is 0 Å². The van der Waals surface area contributed by atoms with Crippen LogP contribution < -0.4 is 5.32 Å². The summed E-state index contributed by atoms with van der Waals surface area (Å²) in [7, 11) is 0. The number of piperidine rings is 1. The van der Waals surface area contributed by atoms with Crippen molar-refractivity contribution >= 4 is 17.4 Å². The Labute approximate surface area is 130 Å².